The molecule has 156 valence electrons. The van der Waals surface area contributed by atoms with Gasteiger partial charge < -0.3 is 4.74 Å². The van der Waals surface area contributed by atoms with Crippen molar-refractivity contribution in [2.75, 3.05) is 5.32 Å². The van der Waals surface area contributed by atoms with Crippen molar-refractivity contribution in [3.8, 4) is 0 Å². The van der Waals surface area contributed by atoms with Crippen molar-refractivity contribution >= 4 is 28.3 Å². The van der Waals surface area contributed by atoms with E-state index in [9.17, 15) is 9.59 Å². The lowest BCUT2D eigenvalue weighted by molar-refractivity contribution is -0.134. The van der Waals surface area contributed by atoms with Crippen molar-refractivity contribution < 1.29 is 14.3 Å². The Morgan fingerprint density at radius 3 is 2.47 bits per heavy atom. The number of benzene rings is 1. The van der Waals surface area contributed by atoms with Crippen LogP contribution in [0.3, 0.4) is 0 Å². The number of nitrogens with zero attached hydrogens (tertiary/aromatic N) is 2. The zero-order chi connectivity index (χ0) is 20.5. The number of aromatic nitrogens is 2. The Kier molecular flexibility index (Phi) is 3.92. The number of ether oxygens (including phenoxy) is 1. The van der Waals surface area contributed by atoms with Gasteiger partial charge in [-0.3, -0.25) is 10.1 Å². The number of hydrogen-bond donors (Lipinski definition) is 1. The van der Waals surface area contributed by atoms with E-state index in [1.54, 1.807) is 19.1 Å². The second-order valence-corrected chi connectivity index (χ2v) is 11.0. The van der Waals surface area contributed by atoms with Gasteiger partial charge in [0, 0.05) is 11.8 Å². The van der Waals surface area contributed by atoms with E-state index in [-0.39, 0.29) is 11.3 Å². The molecular weight excluding hydrogens is 398 g/mol. The Hall–Kier alpha value is -2.28. The van der Waals surface area contributed by atoms with Gasteiger partial charge in [0.25, 0.3) is 5.91 Å². The first kappa shape index (κ1) is 18.5. The van der Waals surface area contributed by atoms with E-state index >= 15 is 0 Å². The van der Waals surface area contributed by atoms with E-state index in [2.05, 4.69) is 15.5 Å². The molecule has 0 radical (unpaired) electrons. The van der Waals surface area contributed by atoms with Gasteiger partial charge in [-0.1, -0.05) is 29.5 Å². The molecule has 4 aliphatic carbocycles. The SMILES string of the molecule is CC1(C(=O)Nc2nnc(C34CC5CC(CC(C5)C3)C4)s2)Cc2ccccc2C(=O)O1. The quantitative estimate of drug-likeness (QED) is 0.751. The van der Waals surface area contributed by atoms with Crippen molar-refractivity contribution in [1.29, 1.82) is 0 Å². The summed E-state index contributed by atoms with van der Waals surface area (Å²) in [5.41, 5.74) is 0.272. The highest BCUT2D eigenvalue weighted by molar-refractivity contribution is 7.15. The molecule has 6 nitrogen and oxygen atoms in total. The number of nitrogens with one attached hydrogen (secondary N) is 1. The number of rotatable bonds is 3. The summed E-state index contributed by atoms with van der Waals surface area (Å²) < 4.78 is 5.55. The molecular formula is C23H25N3O3S. The van der Waals surface area contributed by atoms with E-state index < -0.39 is 11.6 Å². The number of amides is 1. The minimum absolute atomic E-state index is 0.162. The number of cyclic esters (lactones) is 1. The molecule has 2 aromatic rings. The van der Waals surface area contributed by atoms with Crippen molar-refractivity contribution in [1.82, 2.24) is 10.2 Å². The summed E-state index contributed by atoms with van der Waals surface area (Å²) in [6.07, 6.45) is 8.14. The standard InChI is InChI=1S/C23H25N3O3S/c1-22(12-16-4-2-3-5-17(16)18(27)29-22)19(28)24-21-26-25-20(30-21)23-9-13-6-14(10-23)8-15(7-13)11-23/h2-5,13-15H,6-12H2,1H3,(H,24,26,28). The molecule has 1 aromatic heterocycles. The summed E-state index contributed by atoms with van der Waals surface area (Å²) in [6, 6.07) is 7.28. The fourth-order valence-electron chi connectivity index (χ4n) is 6.75. The summed E-state index contributed by atoms with van der Waals surface area (Å²) >= 11 is 1.50. The number of carbonyl (C=O) groups excluding carboxylic acids is 2. The Balaban J connectivity index is 1.22. The molecule has 1 aromatic carbocycles. The average Bonchev–Trinajstić information content (AvgIpc) is 3.16. The second-order valence-electron chi connectivity index (χ2n) is 10.0. The lowest BCUT2D eigenvalue weighted by Crippen LogP contribution is -2.49. The fraction of sp³-hybridized carbons (Fsp3) is 0.565. The Bertz CT molecular complexity index is 1010. The molecule has 1 aliphatic heterocycles. The Labute approximate surface area is 179 Å². The monoisotopic (exact) mass is 423 g/mol. The minimum atomic E-state index is -1.25. The number of fused-ring (bicyclic) bond motifs is 1. The first-order chi connectivity index (χ1) is 14.4. The van der Waals surface area contributed by atoms with Gasteiger partial charge in [-0.05, 0) is 74.8 Å². The molecule has 30 heavy (non-hydrogen) atoms. The zero-order valence-electron chi connectivity index (χ0n) is 17.0. The average molecular weight is 424 g/mol. The van der Waals surface area contributed by atoms with Gasteiger partial charge in [-0.15, -0.1) is 10.2 Å². The Morgan fingerprint density at radius 2 is 1.77 bits per heavy atom. The van der Waals surface area contributed by atoms with Crippen molar-refractivity contribution in [2.45, 2.75) is 62.9 Å². The van der Waals surface area contributed by atoms with E-state index in [1.807, 2.05) is 12.1 Å². The van der Waals surface area contributed by atoms with Crippen LogP contribution in [0.2, 0.25) is 0 Å². The predicted molar refractivity (Wildman–Crippen MR) is 112 cm³/mol. The maximum Gasteiger partial charge on any atom is 0.339 e. The molecule has 7 rings (SSSR count). The first-order valence-electron chi connectivity index (χ1n) is 10.9. The number of anilines is 1. The van der Waals surface area contributed by atoms with Crippen LogP contribution in [0.1, 0.15) is 66.4 Å². The second kappa shape index (κ2) is 6.36. The zero-order valence-corrected chi connectivity index (χ0v) is 17.8. The van der Waals surface area contributed by atoms with Crippen LogP contribution >= 0.6 is 11.3 Å². The van der Waals surface area contributed by atoms with E-state index in [0.29, 0.717) is 17.1 Å². The van der Waals surface area contributed by atoms with Crippen LogP contribution in [0.4, 0.5) is 5.13 Å². The molecule has 1 N–H and O–H groups in total. The third-order valence-corrected chi connectivity index (χ3v) is 8.79. The summed E-state index contributed by atoms with van der Waals surface area (Å²) in [5, 5.41) is 13.3. The lowest BCUT2D eigenvalue weighted by atomic mass is 9.50. The van der Waals surface area contributed by atoms with Crippen LogP contribution < -0.4 is 5.32 Å². The molecule has 2 heterocycles. The molecule has 7 heteroatoms. The smallest absolute Gasteiger partial charge is 0.339 e. The van der Waals surface area contributed by atoms with Gasteiger partial charge in [0.05, 0.1) is 5.56 Å². The van der Waals surface area contributed by atoms with Gasteiger partial charge in [-0.25, -0.2) is 4.79 Å². The molecule has 4 saturated carbocycles. The third kappa shape index (κ3) is 2.82. The van der Waals surface area contributed by atoms with Crippen LogP contribution in [0, 0.1) is 17.8 Å². The topological polar surface area (TPSA) is 81.2 Å². The normalized spacial score (nSPS) is 36.3. The molecule has 4 fully saturated rings. The van der Waals surface area contributed by atoms with Crippen LogP contribution in [0.15, 0.2) is 24.3 Å². The van der Waals surface area contributed by atoms with Crippen LogP contribution in [0.5, 0.6) is 0 Å². The van der Waals surface area contributed by atoms with Crippen LogP contribution in [-0.2, 0) is 21.4 Å². The van der Waals surface area contributed by atoms with E-state index in [0.717, 1.165) is 28.3 Å². The van der Waals surface area contributed by atoms with Crippen molar-refractivity contribution in [2.24, 2.45) is 17.8 Å². The predicted octanol–water partition coefficient (Wildman–Crippen LogP) is 4.12. The maximum absolute atomic E-state index is 13.1. The highest BCUT2D eigenvalue weighted by Crippen LogP contribution is 2.61. The molecule has 1 atom stereocenters. The van der Waals surface area contributed by atoms with E-state index in [1.165, 1.54) is 49.9 Å². The van der Waals surface area contributed by atoms with E-state index in [4.69, 9.17) is 4.74 Å². The van der Waals surface area contributed by atoms with Crippen molar-refractivity contribution in [3.63, 3.8) is 0 Å². The number of carbonyl (C=O) groups is 2. The molecule has 4 bridgehead atoms. The molecule has 1 amide bonds. The number of esters is 1. The highest BCUT2D eigenvalue weighted by atomic mass is 32.1. The largest absolute Gasteiger partial charge is 0.445 e. The summed E-state index contributed by atoms with van der Waals surface area (Å²) in [4.78, 5) is 25.4. The molecule has 1 unspecified atom stereocenters. The van der Waals surface area contributed by atoms with Crippen molar-refractivity contribution in [3.05, 3.63) is 40.4 Å². The van der Waals surface area contributed by atoms with Gasteiger partial charge in [0.1, 0.15) is 5.01 Å². The summed E-state index contributed by atoms with van der Waals surface area (Å²) in [6.45, 7) is 1.66. The maximum atomic E-state index is 13.1. The molecule has 5 aliphatic rings. The number of hydrogen-bond acceptors (Lipinski definition) is 6. The first-order valence-corrected chi connectivity index (χ1v) is 11.7. The summed E-state index contributed by atoms with van der Waals surface area (Å²) in [7, 11) is 0. The third-order valence-electron chi connectivity index (χ3n) is 7.70. The molecule has 0 saturated heterocycles. The van der Waals surface area contributed by atoms with Crippen LogP contribution in [0.25, 0.3) is 0 Å². The highest BCUT2D eigenvalue weighted by Gasteiger charge is 2.53. The fourth-order valence-corrected chi connectivity index (χ4v) is 7.71. The van der Waals surface area contributed by atoms with Crippen LogP contribution in [-0.4, -0.2) is 27.7 Å². The summed E-state index contributed by atoms with van der Waals surface area (Å²) in [5.74, 6) is 1.69. The minimum Gasteiger partial charge on any atom is -0.445 e. The lowest BCUT2D eigenvalue weighted by Gasteiger charge is -2.55. The van der Waals surface area contributed by atoms with Gasteiger partial charge in [0.2, 0.25) is 5.13 Å². The van der Waals surface area contributed by atoms with Gasteiger partial charge in [0.15, 0.2) is 5.60 Å². The van der Waals surface area contributed by atoms with Gasteiger partial charge >= 0.3 is 5.97 Å². The molecule has 0 spiro atoms. The Morgan fingerprint density at radius 1 is 1.10 bits per heavy atom. The van der Waals surface area contributed by atoms with Gasteiger partial charge in [-0.2, -0.15) is 0 Å².